The number of hydrogen-bond donors (Lipinski definition) is 1. The number of aryl methyl sites for hydroxylation is 1. The summed E-state index contributed by atoms with van der Waals surface area (Å²) in [5, 5.41) is 11.4. The second-order valence-corrected chi connectivity index (χ2v) is 6.02. The molecule has 1 aromatic rings. The fraction of sp³-hybridized carbons (Fsp3) is 0.688. The molecular formula is C16H26N4O. The fourth-order valence-corrected chi connectivity index (χ4v) is 2.53. The van der Waals surface area contributed by atoms with Crippen LogP contribution in [0.3, 0.4) is 0 Å². The minimum Gasteiger partial charge on any atom is -0.356 e. The molecule has 0 aromatic carbocycles. The van der Waals surface area contributed by atoms with Gasteiger partial charge in [0.1, 0.15) is 0 Å². The van der Waals surface area contributed by atoms with Gasteiger partial charge in [0.05, 0.1) is 5.69 Å². The number of piperidine rings is 1. The van der Waals surface area contributed by atoms with Crippen LogP contribution in [0, 0.1) is 18.8 Å². The molecular weight excluding hydrogens is 264 g/mol. The first-order valence-electron chi connectivity index (χ1n) is 7.93. The van der Waals surface area contributed by atoms with E-state index in [-0.39, 0.29) is 11.8 Å². The van der Waals surface area contributed by atoms with Gasteiger partial charge in [-0.1, -0.05) is 13.8 Å². The van der Waals surface area contributed by atoms with Gasteiger partial charge in [-0.05, 0) is 44.2 Å². The lowest BCUT2D eigenvalue weighted by Crippen LogP contribution is -2.40. The van der Waals surface area contributed by atoms with E-state index in [1.54, 1.807) is 0 Å². The molecule has 1 atom stereocenters. The molecule has 21 heavy (non-hydrogen) atoms. The molecule has 0 bridgehead atoms. The zero-order valence-corrected chi connectivity index (χ0v) is 13.3. The molecule has 1 fully saturated rings. The van der Waals surface area contributed by atoms with Gasteiger partial charge >= 0.3 is 0 Å². The highest BCUT2D eigenvalue weighted by molar-refractivity contribution is 5.78. The van der Waals surface area contributed by atoms with Crippen molar-refractivity contribution in [2.45, 2.75) is 40.0 Å². The third-order valence-electron chi connectivity index (χ3n) is 4.35. The van der Waals surface area contributed by atoms with Gasteiger partial charge in [0, 0.05) is 25.6 Å². The van der Waals surface area contributed by atoms with Crippen LogP contribution in [0.25, 0.3) is 0 Å². The minimum absolute atomic E-state index is 0.118. The van der Waals surface area contributed by atoms with E-state index in [0.717, 1.165) is 50.4 Å². The summed E-state index contributed by atoms with van der Waals surface area (Å²) in [4.78, 5) is 14.1. The van der Waals surface area contributed by atoms with E-state index in [1.807, 2.05) is 32.9 Å². The summed E-state index contributed by atoms with van der Waals surface area (Å²) in [6.07, 6.45) is 3.09. The highest BCUT2D eigenvalue weighted by Gasteiger charge is 2.21. The first kappa shape index (κ1) is 15.7. The van der Waals surface area contributed by atoms with Crippen LogP contribution in [0.1, 0.15) is 38.8 Å². The van der Waals surface area contributed by atoms with E-state index in [0.29, 0.717) is 5.92 Å². The van der Waals surface area contributed by atoms with Crippen molar-refractivity contribution in [3.05, 3.63) is 17.8 Å². The van der Waals surface area contributed by atoms with Crippen LogP contribution < -0.4 is 10.2 Å². The summed E-state index contributed by atoms with van der Waals surface area (Å²) in [7, 11) is 0. The van der Waals surface area contributed by atoms with Crippen LogP contribution in [-0.4, -0.2) is 35.7 Å². The van der Waals surface area contributed by atoms with Crippen molar-refractivity contribution in [2.24, 2.45) is 11.8 Å². The fourth-order valence-electron chi connectivity index (χ4n) is 2.53. The third kappa shape index (κ3) is 4.41. The molecule has 2 heterocycles. The average Bonchev–Trinajstić information content (AvgIpc) is 2.53. The molecule has 2 rings (SSSR count). The first-order chi connectivity index (χ1) is 10.1. The molecule has 5 heteroatoms. The Morgan fingerprint density at radius 1 is 1.38 bits per heavy atom. The van der Waals surface area contributed by atoms with Gasteiger partial charge in [0.2, 0.25) is 5.91 Å². The molecule has 0 radical (unpaired) electrons. The third-order valence-corrected chi connectivity index (χ3v) is 4.35. The normalized spacial score (nSPS) is 17.6. The number of nitrogens with one attached hydrogen (secondary N) is 1. The van der Waals surface area contributed by atoms with Crippen LogP contribution in [0.15, 0.2) is 12.1 Å². The number of hydrogen-bond acceptors (Lipinski definition) is 4. The summed E-state index contributed by atoms with van der Waals surface area (Å²) in [6.45, 7) is 8.75. The van der Waals surface area contributed by atoms with Crippen LogP contribution in [0.5, 0.6) is 0 Å². The molecule has 5 nitrogen and oxygen atoms in total. The van der Waals surface area contributed by atoms with Gasteiger partial charge in [-0.15, -0.1) is 5.10 Å². The molecule has 0 saturated carbocycles. The van der Waals surface area contributed by atoms with Crippen LogP contribution >= 0.6 is 0 Å². The second kappa shape index (κ2) is 7.38. The molecule has 1 amide bonds. The monoisotopic (exact) mass is 290 g/mol. The van der Waals surface area contributed by atoms with E-state index in [9.17, 15) is 4.79 Å². The molecule has 0 spiro atoms. The Balaban J connectivity index is 1.75. The zero-order valence-electron chi connectivity index (χ0n) is 13.3. The van der Waals surface area contributed by atoms with Crippen molar-refractivity contribution in [1.29, 1.82) is 0 Å². The predicted molar refractivity (Wildman–Crippen MR) is 84.2 cm³/mol. The summed E-state index contributed by atoms with van der Waals surface area (Å²) < 4.78 is 0. The number of anilines is 1. The van der Waals surface area contributed by atoms with E-state index < -0.39 is 0 Å². The highest BCUT2D eigenvalue weighted by atomic mass is 16.1. The Morgan fingerprint density at radius 2 is 2.10 bits per heavy atom. The Hall–Kier alpha value is -1.65. The topological polar surface area (TPSA) is 58.1 Å². The lowest BCUT2D eigenvalue weighted by atomic mass is 9.96. The molecule has 1 unspecified atom stereocenters. The lowest BCUT2D eigenvalue weighted by molar-refractivity contribution is -0.124. The van der Waals surface area contributed by atoms with E-state index in [2.05, 4.69) is 20.4 Å². The van der Waals surface area contributed by atoms with Crippen LogP contribution in [0.4, 0.5) is 5.82 Å². The predicted octanol–water partition coefficient (Wildman–Crippen LogP) is 2.16. The maximum absolute atomic E-state index is 11.8. The molecule has 1 aliphatic heterocycles. The van der Waals surface area contributed by atoms with Crippen molar-refractivity contribution in [3.63, 3.8) is 0 Å². The number of aromatic nitrogens is 2. The number of rotatable bonds is 5. The smallest absolute Gasteiger partial charge is 0.222 e. The number of amides is 1. The maximum atomic E-state index is 11.8. The molecule has 0 aliphatic carbocycles. The Bertz CT molecular complexity index is 452. The summed E-state index contributed by atoms with van der Waals surface area (Å²) in [6, 6.07) is 4.04. The molecule has 1 aromatic heterocycles. The summed E-state index contributed by atoms with van der Waals surface area (Å²) >= 11 is 0. The van der Waals surface area contributed by atoms with Crippen LogP contribution in [0.2, 0.25) is 0 Å². The summed E-state index contributed by atoms with van der Waals surface area (Å²) in [5.41, 5.74) is 0.946. The van der Waals surface area contributed by atoms with Gasteiger partial charge in [-0.25, -0.2) is 0 Å². The van der Waals surface area contributed by atoms with Crippen molar-refractivity contribution >= 4 is 11.7 Å². The number of carbonyl (C=O) groups excluding carboxylic acids is 1. The van der Waals surface area contributed by atoms with Crippen molar-refractivity contribution in [1.82, 2.24) is 15.5 Å². The Labute approximate surface area is 127 Å². The average molecular weight is 290 g/mol. The van der Waals surface area contributed by atoms with Gasteiger partial charge in [-0.3, -0.25) is 4.79 Å². The maximum Gasteiger partial charge on any atom is 0.222 e. The van der Waals surface area contributed by atoms with Gasteiger partial charge < -0.3 is 10.2 Å². The van der Waals surface area contributed by atoms with E-state index in [1.165, 1.54) is 0 Å². The van der Waals surface area contributed by atoms with Crippen molar-refractivity contribution in [2.75, 3.05) is 24.5 Å². The van der Waals surface area contributed by atoms with Crippen molar-refractivity contribution in [3.8, 4) is 0 Å². The Kier molecular flexibility index (Phi) is 5.53. The SMILES string of the molecule is CCC(C)C(=O)NCC1CCN(c2ccc(C)nn2)CC1. The quantitative estimate of drug-likeness (QED) is 0.903. The van der Waals surface area contributed by atoms with Gasteiger partial charge in [0.15, 0.2) is 5.82 Å². The Morgan fingerprint density at radius 3 is 2.67 bits per heavy atom. The van der Waals surface area contributed by atoms with Crippen molar-refractivity contribution < 1.29 is 4.79 Å². The highest BCUT2D eigenvalue weighted by Crippen LogP contribution is 2.21. The molecule has 1 aliphatic rings. The van der Waals surface area contributed by atoms with E-state index in [4.69, 9.17) is 0 Å². The first-order valence-corrected chi connectivity index (χ1v) is 7.93. The largest absolute Gasteiger partial charge is 0.356 e. The lowest BCUT2D eigenvalue weighted by Gasteiger charge is -2.32. The second-order valence-electron chi connectivity index (χ2n) is 6.02. The number of carbonyl (C=O) groups is 1. The molecule has 1 N–H and O–H groups in total. The molecule has 116 valence electrons. The summed E-state index contributed by atoms with van der Waals surface area (Å²) in [5.74, 6) is 1.84. The van der Waals surface area contributed by atoms with E-state index >= 15 is 0 Å². The zero-order chi connectivity index (χ0) is 15.2. The van der Waals surface area contributed by atoms with Gasteiger partial charge in [-0.2, -0.15) is 5.10 Å². The van der Waals surface area contributed by atoms with Gasteiger partial charge in [0.25, 0.3) is 0 Å². The molecule has 1 saturated heterocycles. The minimum atomic E-state index is 0.118. The number of nitrogens with zero attached hydrogens (tertiary/aromatic N) is 3. The van der Waals surface area contributed by atoms with Crippen LogP contribution in [-0.2, 0) is 4.79 Å². The standard InChI is InChI=1S/C16H26N4O/c1-4-12(2)16(21)17-11-14-7-9-20(10-8-14)15-6-5-13(3)18-19-15/h5-6,12,14H,4,7-11H2,1-3H3,(H,17,21).